The molecule has 0 radical (unpaired) electrons. The summed E-state index contributed by atoms with van der Waals surface area (Å²) in [7, 11) is 1.80. The van der Waals surface area contributed by atoms with Gasteiger partial charge in [0.15, 0.2) is 11.0 Å². The molecular weight excluding hydrogens is 324 g/mol. The Labute approximate surface area is 144 Å². The van der Waals surface area contributed by atoms with Crippen LogP contribution in [-0.4, -0.2) is 36.2 Å². The van der Waals surface area contributed by atoms with Gasteiger partial charge >= 0.3 is 0 Å². The van der Waals surface area contributed by atoms with Crippen molar-refractivity contribution < 1.29 is 4.79 Å². The molecule has 24 heavy (non-hydrogen) atoms. The van der Waals surface area contributed by atoms with Crippen molar-refractivity contribution in [3.05, 3.63) is 54.0 Å². The molecule has 3 aromatic rings. The first-order chi connectivity index (χ1) is 11.6. The Morgan fingerprint density at radius 3 is 2.71 bits per heavy atom. The highest BCUT2D eigenvalue weighted by atomic mass is 32.2. The van der Waals surface area contributed by atoms with Gasteiger partial charge in [-0.05, 0) is 12.5 Å². The Bertz CT molecular complexity index is 826. The van der Waals surface area contributed by atoms with Gasteiger partial charge in [-0.3, -0.25) is 9.48 Å². The van der Waals surface area contributed by atoms with Crippen LogP contribution in [0.3, 0.4) is 0 Å². The number of benzene rings is 1. The number of carbonyl (C=O) groups excluding carboxylic acids is 1. The summed E-state index contributed by atoms with van der Waals surface area (Å²) in [5.41, 5.74) is 1.17. The number of hydrogen-bond acceptors (Lipinski definition) is 5. The van der Waals surface area contributed by atoms with Crippen LogP contribution in [0, 0.1) is 6.92 Å². The maximum Gasteiger partial charge on any atom is 0.236 e. The van der Waals surface area contributed by atoms with Gasteiger partial charge in [0.25, 0.3) is 0 Å². The molecule has 2 heterocycles. The third-order valence-electron chi connectivity index (χ3n) is 3.40. The molecule has 8 heteroatoms. The molecule has 0 unspecified atom stereocenters. The summed E-state index contributed by atoms with van der Waals surface area (Å²) in [5, 5.41) is 15.9. The van der Waals surface area contributed by atoms with Crippen LogP contribution in [0.5, 0.6) is 0 Å². The van der Waals surface area contributed by atoms with Crippen molar-refractivity contribution in [2.24, 2.45) is 7.05 Å². The molecule has 3 rings (SSSR count). The molecule has 0 bridgehead atoms. The molecule has 0 atom stereocenters. The Hall–Kier alpha value is -2.61. The maximum atomic E-state index is 12.0. The molecule has 124 valence electrons. The molecule has 0 aliphatic heterocycles. The predicted octanol–water partition coefficient (Wildman–Crippen LogP) is 2.10. The van der Waals surface area contributed by atoms with Gasteiger partial charge in [-0.1, -0.05) is 42.1 Å². The third-order valence-corrected chi connectivity index (χ3v) is 4.37. The number of rotatable bonds is 6. The third kappa shape index (κ3) is 4.02. The van der Waals surface area contributed by atoms with Gasteiger partial charge in [0, 0.05) is 19.3 Å². The highest BCUT2D eigenvalue weighted by molar-refractivity contribution is 7.99. The summed E-state index contributed by atoms with van der Waals surface area (Å²) in [6, 6.07) is 11.9. The van der Waals surface area contributed by atoms with Gasteiger partial charge in [0.05, 0.1) is 12.3 Å². The van der Waals surface area contributed by atoms with Crippen LogP contribution in [0.15, 0.2) is 47.8 Å². The fraction of sp³-hybridized carbons (Fsp3) is 0.250. The smallest absolute Gasteiger partial charge is 0.236 e. The van der Waals surface area contributed by atoms with Gasteiger partial charge in [-0.2, -0.15) is 5.10 Å². The zero-order valence-electron chi connectivity index (χ0n) is 13.5. The second-order valence-electron chi connectivity index (χ2n) is 5.31. The Morgan fingerprint density at radius 1 is 1.21 bits per heavy atom. The molecule has 1 N–H and O–H groups in total. The topological polar surface area (TPSA) is 77.6 Å². The van der Waals surface area contributed by atoms with E-state index in [1.165, 1.54) is 17.3 Å². The first-order valence-corrected chi connectivity index (χ1v) is 8.46. The van der Waals surface area contributed by atoms with Crippen LogP contribution in [0.1, 0.15) is 11.4 Å². The zero-order valence-corrected chi connectivity index (χ0v) is 14.3. The normalized spacial score (nSPS) is 10.8. The van der Waals surface area contributed by atoms with E-state index in [2.05, 4.69) is 32.7 Å². The highest BCUT2D eigenvalue weighted by Gasteiger charge is 2.12. The van der Waals surface area contributed by atoms with E-state index >= 15 is 0 Å². The standard InChI is InChI=1S/C16H18N6OS/c1-12-18-19-16(22(12)10-13-6-4-3-5-7-13)24-11-15(23)17-14-8-9-21(2)20-14/h3-9H,10-11H2,1-2H3,(H,17,20,23). The first kappa shape index (κ1) is 16.3. The van der Waals surface area contributed by atoms with Gasteiger partial charge in [0.1, 0.15) is 5.82 Å². The van der Waals surface area contributed by atoms with Crippen LogP contribution >= 0.6 is 11.8 Å². The van der Waals surface area contributed by atoms with E-state index < -0.39 is 0 Å². The van der Waals surface area contributed by atoms with Gasteiger partial charge in [0.2, 0.25) is 5.91 Å². The number of aromatic nitrogens is 5. The van der Waals surface area contributed by atoms with Crippen molar-refractivity contribution in [1.29, 1.82) is 0 Å². The van der Waals surface area contributed by atoms with Gasteiger partial charge in [-0.25, -0.2) is 0 Å². The average molecular weight is 342 g/mol. The number of hydrogen-bond donors (Lipinski definition) is 1. The number of nitrogens with zero attached hydrogens (tertiary/aromatic N) is 5. The molecule has 0 spiro atoms. The van der Waals surface area contributed by atoms with Crippen LogP contribution in [0.25, 0.3) is 0 Å². The number of nitrogens with one attached hydrogen (secondary N) is 1. The molecule has 0 saturated carbocycles. The Balaban J connectivity index is 1.62. The van der Waals surface area contributed by atoms with E-state index in [1.807, 2.05) is 29.7 Å². The highest BCUT2D eigenvalue weighted by Crippen LogP contribution is 2.18. The maximum absolute atomic E-state index is 12.0. The van der Waals surface area contributed by atoms with E-state index in [0.717, 1.165) is 11.0 Å². The molecule has 0 aliphatic rings. The minimum absolute atomic E-state index is 0.120. The molecule has 1 aromatic carbocycles. The molecular formula is C16H18N6OS. The summed E-state index contributed by atoms with van der Waals surface area (Å²) < 4.78 is 3.65. The minimum Gasteiger partial charge on any atom is -0.308 e. The monoisotopic (exact) mass is 342 g/mol. The number of anilines is 1. The fourth-order valence-electron chi connectivity index (χ4n) is 2.21. The number of thioether (sulfide) groups is 1. The molecule has 2 aromatic heterocycles. The van der Waals surface area contributed by atoms with E-state index in [9.17, 15) is 4.79 Å². The summed E-state index contributed by atoms with van der Waals surface area (Å²) in [5.74, 6) is 1.51. The van der Waals surface area contributed by atoms with Crippen molar-refractivity contribution in [3.8, 4) is 0 Å². The number of carbonyl (C=O) groups is 1. The number of aryl methyl sites for hydroxylation is 2. The second kappa shape index (κ2) is 7.31. The van der Waals surface area contributed by atoms with Gasteiger partial charge < -0.3 is 9.88 Å². The fourth-order valence-corrected chi connectivity index (χ4v) is 2.99. The van der Waals surface area contributed by atoms with Crippen LogP contribution < -0.4 is 5.32 Å². The largest absolute Gasteiger partial charge is 0.308 e. The van der Waals surface area contributed by atoms with Crippen molar-refractivity contribution in [3.63, 3.8) is 0 Å². The molecule has 1 amide bonds. The first-order valence-electron chi connectivity index (χ1n) is 7.48. The lowest BCUT2D eigenvalue weighted by Crippen LogP contribution is -2.15. The van der Waals surface area contributed by atoms with E-state index in [0.29, 0.717) is 12.4 Å². The van der Waals surface area contributed by atoms with Crippen molar-refractivity contribution in [2.75, 3.05) is 11.1 Å². The molecule has 0 fully saturated rings. The van der Waals surface area contributed by atoms with Crippen molar-refractivity contribution >= 4 is 23.5 Å². The van der Waals surface area contributed by atoms with Crippen LogP contribution in [-0.2, 0) is 18.4 Å². The molecule has 0 saturated heterocycles. The second-order valence-corrected chi connectivity index (χ2v) is 6.26. The van der Waals surface area contributed by atoms with Crippen molar-refractivity contribution in [2.45, 2.75) is 18.6 Å². The predicted molar refractivity (Wildman–Crippen MR) is 92.9 cm³/mol. The van der Waals surface area contributed by atoms with E-state index in [1.54, 1.807) is 24.0 Å². The van der Waals surface area contributed by atoms with Crippen LogP contribution in [0.4, 0.5) is 5.82 Å². The zero-order chi connectivity index (χ0) is 16.9. The minimum atomic E-state index is -0.120. The summed E-state index contributed by atoms with van der Waals surface area (Å²) in [6.07, 6.45) is 1.78. The van der Waals surface area contributed by atoms with Crippen molar-refractivity contribution in [1.82, 2.24) is 24.5 Å². The van der Waals surface area contributed by atoms with E-state index in [-0.39, 0.29) is 11.7 Å². The lowest BCUT2D eigenvalue weighted by molar-refractivity contribution is -0.113. The Morgan fingerprint density at radius 2 is 2.00 bits per heavy atom. The summed E-state index contributed by atoms with van der Waals surface area (Å²) in [6.45, 7) is 2.60. The summed E-state index contributed by atoms with van der Waals surface area (Å²) in [4.78, 5) is 12.0. The lowest BCUT2D eigenvalue weighted by Gasteiger charge is -2.08. The lowest BCUT2D eigenvalue weighted by atomic mass is 10.2. The average Bonchev–Trinajstić information content (AvgIpc) is 3.13. The molecule has 0 aliphatic carbocycles. The summed E-state index contributed by atoms with van der Waals surface area (Å²) >= 11 is 1.36. The Kier molecular flexibility index (Phi) is 4.95. The van der Waals surface area contributed by atoms with Crippen LogP contribution in [0.2, 0.25) is 0 Å². The molecule has 7 nitrogen and oxygen atoms in total. The quantitative estimate of drug-likeness (QED) is 0.694. The number of amides is 1. The van der Waals surface area contributed by atoms with E-state index in [4.69, 9.17) is 0 Å². The SMILES string of the molecule is Cc1nnc(SCC(=O)Nc2ccn(C)n2)n1Cc1ccccc1. The van der Waals surface area contributed by atoms with Gasteiger partial charge in [-0.15, -0.1) is 10.2 Å².